The Morgan fingerprint density at radius 2 is 2.21 bits per heavy atom. The van der Waals surface area contributed by atoms with Gasteiger partial charge in [0.25, 0.3) is 0 Å². The van der Waals surface area contributed by atoms with E-state index in [1.54, 1.807) is 6.20 Å². The van der Waals surface area contributed by atoms with Crippen LogP contribution in [-0.2, 0) is 0 Å². The van der Waals surface area contributed by atoms with Gasteiger partial charge in [-0.15, -0.1) is 0 Å². The van der Waals surface area contributed by atoms with Gasteiger partial charge in [-0.1, -0.05) is 0 Å². The summed E-state index contributed by atoms with van der Waals surface area (Å²) in [4.78, 5) is 4.15. The van der Waals surface area contributed by atoms with E-state index in [9.17, 15) is 0 Å². The van der Waals surface area contributed by atoms with E-state index in [2.05, 4.69) is 4.98 Å². The molecule has 14 heavy (non-hydrogen) atoms. The van der Waals surface area contributed by atoms with Gasteiger partial charge < -0.3 is 10.5 Å². The number of pyridine rings is 1. The zero-order chi connectivity index (χ0) is 10.2. The maximum absolute atomic E-state index is 5.58. The lowest BCUT2D eigenvalue weighted by Crippen LogP contribution is -2.02. The summed E-state index contributed by atoms with van der Waals surface area (Å²) < 4.78 is 5.58. The molecule has 3 heteroatoms. The lowest BCUT2D eigenvalue weighted by Gasteiger charge is -2.07. The van der Waals surface area contributed by atoms with Crippen molar-refractivity contribution in [2.24, 2.45) is 5.73 Å². The molecule has 0 unspecified atom stereocenters. The average molecular weight is 194 g/mol. The van der Waals surface area contributed by atoms with E-state index in [0.717, 1.165) is 43.9 Å². The van der Waals surface area contributed by atoms with Crippen LogP contribution in [0.25, 0.3) is 0 Å². The van der Waals surface area contributed by atoms with Crippen LogP contribution in [0.15, 0.2) is 18.3 Å². The van der Waals surface area contributed by atoms with Gasteiger partial charge in [0.1, 0.15) is 5.75 Å². The van der Waals surface area contributed by atoms with Crippen molar-refractivity contribution >= 4 is 0 Å². The van der Waals surface area contributed by atoms with Crippen LogP contribution < -0.4 is 10.5 Å². The summed E-state index contributed by atoms with van der Waals surface area (Å²) in [6.07, 6.45) is 5.05. The second kappa shape index (κ2) is 6.38. The van der Waals surface area contributed by atoms with Crippen LogP contribution in [0.2, 0.25) is 0 Å². The average Bonchev–Trinajstić information content (AvgIpc) is 2.20. The molecular weight excluding hydrogens is 176 g/mol. The van der Waals surface area contributed by atoms with Crippen molar-refractivity contribution in [1.82, 2.24) is 4.98 Å². The molecule has 0 saturated heterocycles. The van der Waals surface area contributed by atoms with Gasteiger partial charge in [-0.25, -0.2) is 0 Å². The van der Waals surface area contributed by atoms with E-state index < -0.39 is 0 Å². The van der Waals surface area contributed by atoms with Crippen molar-refractivity contribution < 1.29 is 4.74 Å². The van der Waals surface area contributed by atoms with Crippen molar-refractivity contribution in [2.45, 2.75) is 26.2 Å². The molecule has 78 valence electrons. The first-order valence-electron chi connectivity index (χ1n) is 5.09. The third-order valence-electron chi connectivity index (χ3n) is 2.06. The van der Waals surface area contributed by atoms with Gasteiger partial charge in [-0.05, 0) is 44.9 Å². The first kappa shape index (κ1) is 11.0. The molecule has 1 heterocycles. The zero-order valence-corrected chi connectivity index (χ0v) is 8.70. The summed E-state index contributed by atoms with van der Waals surface area (Å²) in [7, 11) is 0. The summed E-state index contributed by atoms with van der Waals surface area (Å²) in [5.41, 5.74) is 6.35. The second-order valence-corrected chi connectivity index (χ2v) is 3.28. The predicted molar refractivity (Wildman–Crippen MR) is 57.4 cm³/mol. The van der Waals surface area contributed by atoms with Crippen LogP contribution in [0, 0.1) is 6.92 Å². The molecule has 1 aromatic rings. The molecule has 0 spiro atoms. The van der Waals surface area contributed by atoms with Gasteiger partial charge in [-0.3, -0.25) is 4.98 Å². The number of unbranched alkanes of at least 4 members (excludes halogenated alkanes) is 2. The smallest absolute Gasteiger partial charge is 0.140 e. The van der Waals surface area contributed by atoms with E-state index in [1.165, 1.54) is 0 Å². The Morgan fingerprint density at radius 3 is 2.93 bits per heavy atom. The summed E-state index contributed by atoms with van der Waals surface area (Å²) >= 11 is 0. The highest BCUT2D eigenvalue weighted by Gasteiger charge is 1.97. The monoisotopic (exact) mass is 194 g/mol. The third-order valence-corrected chi connectivity index (χ3v) is 2.06. The minimum absolute atomic E-state index is 0.756. The van der Waals surface area contributed by atoms with Crippen molar-refractivity contribution in [3.63, 3.8) is 0 Å². The molecule has 0 saturated carbocycles. The maximum atomic E-state index is 5.58. The summed E-state index contributed by atoms with van der Waals surface area (Å²) in [6.45, 7) is 3.48. The standard InChI is InChI=1S/C11H18N2O/c1-10-11(6-5-8-13-10)14-9-4-2-3-7-12/h5-6,8H,2-4,7,9,12H2,1H3. The molecule has 0 aromatic carbocycles. The number of aromatic nitrogens is 1. The van der Waals surface area contributed by atoms with Crippen LogP contribution >= 0.6 is 0 Å². The number of nitrogens with two attached hydrogens (primary N) is 1. The lowest BCUT2D eigenvalue weighted by molar-refractivity contribution is 0.302. The molecule has 0 amide bonds. The third kappa shape index (κ3) is 3.75. The van der Waals surface area contributed by atoms with Gasteiger partial charge in [0, 0.05) is 6.20 Å². The fraction of sp³-hybridized carbons (Fsp3) is 0.545. The van der Waals surface area contributed by atoms with Gasteiger partial charge in [-0.2, -0.15) is 0 Å². The molecule has 0 aliphatic heterocycles. The molecule has 1 aromatic heterocycles. The molecule has 1 rings (SSSR count). The molecule has 2 N–H and O–H groups in total. The molecule has 0 radical (unpaired) electrons. The maximum Gasteiger partial charge on any atom is 0.140 e. The van der Waals surface area contributed by atoms with E-state index in [1.807, 2.05) is 19.1 Å². The number of hydrogen-bond donors (Lipinski definition) is 1. The van der Waals surface area contributed by atoms with Crippen molar-refractivity contribution in [3.8, 4) is 5.75 Å². The Hall–Kier alpha value is -1.09. The minimum Gasteiger partial charge on any atom is -0.492 e. The first-order valence-corrected chi connectivity index (χ1v) is 5.09. The van der Waals surface area contributed by atoms with Crippen LogP contribution in [-0.4, -0.2) is 18.1 Å². The van der Waals surface area contributed by atoms with E-state index in [0.29, 0.717) is 0 Å². The summed E-state index contributed by atoms with van der Waals surface area (Å²) in [6, 6.07) is 3.84. The molecule has 0 fully saturated rings. The molecule has 0 atom stereocenters. The Morgan fingerprint density at radius 1 is 1.36 bits per heavy atom. The Labute approximate surface area is 85.3 Å². The number of ether oxygens (including phenoxy) is 1. The van der Waals surface area contributed by atoms with Crippen molar-refractivity contribution in [2.75, 3.05) is 13.2 Å². The normalized spacial score (nSPS) is 10.1. The van der Waals surface area contributed by atoms with Crippen LogP contribution in [0.4, 0.5) is 0 Å². The van der Waals surface area contributed by atoms with Crippen molar-refractivity contribution in [1.29, 1.82) is 0 Å². The summed E-state index contributed by atoms with van der Waals surface area (Å²) in [5, 5.41) is 0. The van der Waals surface area contributed by atoms with E-state index >= 15 is 0 Å². The molecular formula is C11H18N2O. The van der Waals surface area contributed by atoms with Gasteiger partial charge in [0.05, 0.1) is 12.3 Å². The summed E-state index contributed by atoms with van der Waals surface area (Å²) in [5.74, 6) is 0.889. The Balaban J connectivity index is 2.21. The topological polar surface area (TPSA) is 48.1 Å². The van der Waals surface area contributed by atoms with E-state index in [4.69, 9.17) is 10.5 Å². The van der Waals surface area contributed by atoms with E-state index in [-0.39, 0.29) is 0 Å². The zero-order valence-electron chi connectivity index (χ0n) is 8.70. The fourth-order valence-corrected chi connectivity index (χ4v) is 1.23. The molecule has 3 nitrogen and oxygen atoms in total. The van der Waals surface area contributed by atoms with Crippen LogP contribution in [0.1, 0.15) is 25.0 Å². The lowest BCUT2D eigenvalue weighted by atomic mass is 10.2. The Kier molecular flexibility index (Phi) is 5.00. The van der Waals surface area contributed by atoms with Gasteiger partial charge in [0.2, 0.25) is 0 Å². The van der Waals surface area contributed by atoms with Gasteiger partial charge in [0.15, 0.2) is 0 Å². The number of rotatable bonds is 6. The molecule has 0 aliphatic carbocycles. The minimum atomic E-state index is 0.756. The van der Waals surface area contributed by atoms with Crippen molar-refractivity contribution in [3.05, 3.63) is 24.0 Å². The second-order valence-electron chi connectivity index (χ2n) is 3.28. The molecule has 0 aliphatic rings. The number of hydrogen-bond acceptors (Lipinski definition) is 3. The van der Waals surface area contributed by atoms with Crippen LogP contribution in [0.3, 0.4) is 0 Å². The highest BCUT2D eigenvalue weighted by molar-refractivity contribution is 5.25. The Bertz CT molecular complexity index is 263. The quantitative estimate of drug-likeness (QED) is 0.703. The largest absolute Gasteiger partial charge is 0.492 e. The predicted octanol–water partition coefficient (Wildman–Crippen LogP) is 1.90. The highest BCUT2D eigenvalue weighted by atomic mass is 16.5. The fourth-order valence-electron chi connectivity index (χ4n) is 1.23. The number of nitrogens with zero attached hydrogens (tertiary/aromatic N) is 1. The van der Waals surface area contributed by atoms with Gasteiger partial charge >= 0.3 is 0 Å². The highest BCUT2D eigenvalue weighted by Crippen LogP contribution is 2.13. The first-order chi connectivity index (χ1) is 6.84. The SMILES string of the molecule is Cc1ncccc1OCCCCCN. The molecule has 0 bridgehead atoms. The van der Waals surface area contributed by atoms with Crippen LogP contribution in [0.5, 0.6) is 5.75 Å². The number of aryl methyl sites for hydroxylation is 1.